The Morgan fingerprint density at radius 2 is 1.95 bits per heavy atom. The third kappa shape index (κ3) is 3.82. The lowest BCUT2D eigenvalue weighted by Crippen LogP contribution is -2.28. The summed E-state index contributed by atoms with van der Waals surface area (Å²) in [5, 5.41) is 10.5. The van der Waals surface area contributed by atoms with E-state index in [1.165, 1.54) is 0 Å². The maximum Gasteiger partial charge on any atom is 0.303 e. The third-order valence-corrected chi connectivity index (χ3v) is 3.75. The highest BCUT2D eigenvalue weighted by Gasteiger charge is 2.15. The highest BCUT2D eigenvalue weighted by molar-refractivity contribution is 9.10. The number of benzene rings is 2. The first-order valence-electron chi connectivity index (χ1n) is 6.64. The van der Waals surface area contributed by atoms with Gasteiger partial charge in [0.15, 0.2) is 0 Å². The number of halogens is 1. The minimum absolute atomic E-state index is 0.0663. The minimum Gasteiger partial charge on any atom is -0.481 e. The molecule has 0 atom stereocenters. The zero-order chi connectivity index (χ0) is 15.4. The molecule has 4 nitrogen and oxygen atoms in total. The fraction of sp³-hybridized carbons (Fsp3) is 0.250. The number of carbonyl (C=O) groups excluding carboxylic acids is 1. The Labute approximate surface area is 131 Å². The largest absolute Gasteiger partial charge is 0.481 e. The van der Waals surface area contributed by atoms with Gasteiger partial charge in [-0.15, -0.1) is 0 Å². The Morgan fingerprint density at radius 1 is 1.24 bits per heavy atom. The van der Waals surface area contributed by atoms with Crippen LogP contribution in [0.1, 0.15) is 23.2 Å². The van der Waals surface area contributed by atoms with Crippen molar-refractivity contribution in [1.29, 1.82) is 0 Å². The summed E-state index contributed by atoms with van der Waals surface area (Å²) in [5.41, 5.74) is 0.623. The monoisotopic (exact) mass is 349 g/mol. The van der Waals surface area contributed by atoms with Crippen LogP contribution in [0.4, 0.5) is 0 Å². The molecule has 0 unspecified atom stereocenters. The topological polar surface area (TPSA) is 57.6 Å². The van der Waals surface area contributed by atoms with Crippen LogP contribution < -0.4 is 0 Å². The second-order valence-electron chi connectivity index (χ2n) is 4.90. The molecule has 0 saturated carbocycles. The molecule has 0 heterocycles. The number of aliphatic carboxylic acids is 1. The zero-order valence-corrected chi connectivity index (χ0v) is 13.3. The first-order valence-corrected chi connectivity index (χ1v) is 7.44. The van der Waals surface area contributed by atoms with Crippen LogP contribution in [-0.2, 0) is 4.79 Å². The summed E-state index contributed by atoms with van der Waals surface area (Å²) in [6.45, 7) is 0.423. The number of amides is 1. The number of carbonyl (C=O) groups is 2. The summed E-state index contributed by atoms with van der Waals surface area (Å²) in [7, 11) is 1.69. The van der Waals surface area contributed by atoms with Gasteiger partial charge in [-0.2, -0.15) is 0 Å². The van der Waals surface area contributed by atoms with Gasteiger partial charge in [0.05, 0.1) is 0 Å². The predicted molar refractivity (Wildman–Crippen MR) is 85.5 cm³/mol. The Bertz CT molecular complexity index is 684. The molecule has 21 heavy (non-hydrogen) atoms. The van der Waals surface area contributed by atoms with Crippen LogP contribution in [0.25, 0.3) is 10.8 Å². The summed E-state index contributed by atoms with van der Waals surface area (Å²) in [5.74, 6) is -0.943. The number of hydrogen-bond donors (Lipinski definition) is 1. The molecule has 0 aliphatic carbocycles. The highest BCUT2D eigenvalue weighted by Crippen LogP contribution is 2.25. The molecular weight excluding hydrogens is 334 g/mol. The van der Waals surface area contributed by atoms with Crippen LogP contribution in [0.2, 0.25) is 0 Å². The lowest BCUT2D eigenvalue weighted by molar-refractivity contribution is -0.137. The van der Waals surface area contributed by atoms with E-state index in [-0.39, 0.29) is 12.3 Å². The molecule has 1 N–H and O–H groups in total. The number of carboxylic acids is 1. The van der Waals surface area contributed by atoms with Crippen LogP contribution in [0.5, 0.6) is 0 Å². The van der Waals surface area contributed by atoms with Crippen molar-refractivity contribution >= 4 is 38.6 Å². The van der Waals surface area contributed by atoms with Crippen molar-refractivity contribution in [3.8, 4) is 0 Å². The molecule has 2 aromatic carbocycles. The van der Waals surface area contributed by atoms with Crippen molar-refractivity contribution in [2.24, 2.45) is 0 Å². The van der Waals surface area contributed by atoms with E-state index in [9.17, 15) is 9.59 Å². The maximum atomic E-state index is 12.5. The quantitative estimate of drug-likeness (QED) is 0.897. The first-order chi connectivity index (χ1) is 9.99. The molecule has 0 bridgehead atoms. The average molecular weight is 350 g/mol. The van der Waals surface area contributed by atoms with Gasteiger partial charge in [-0.1, -0.05) is 40.2 Å². The molecule has 0 aromatic heterocycles. The Morgan fingerprint density at radius 3 is 2.67 bits per heavy atom. The Kier molecular flexibility index (Phi) is 4.96. The predicted octanol–water partition coefficient (Wildman–Crippen LogP) is 3.54. The van der Waals surface area contributed by atoms with Crippen molar-refractivity contribution in [2.75, 3.05) is 13.6 Å². The molecule has 5 heteroatoms. The van der Waals surface area contributed by atoms with Gasteiger partial charge >= 0.3 is 5.97 Å². The van der Waals surface area contributed by atoms with Crippen molar-refractivity contribution < 1.29 is 14.7 Å². The van der Waals surface area contributed by atoms with Crippen LogP contribution in [0.3, 0.4) is 0 Å². The molecule has 0 fully saturated rings. The summed E-state index contributed by atoms with van der Waals surface area (Å²) >= 11 is 3.42. The van der Waals surface area contributed by atoms with Crippen LogP contribution in [-0.4, -0.2) is 35.5 Å². The van der Waals surface area contributed by atoms with Crippen LogP contribution in [0.15, 0.2) is 40.9 Å². The van der Waals surface area contributed by atoms with Crippen molar-refractivity contribution in [2.45, 2.75) is 12.8 Å². The van der Waals surface area contributed by atoms with Crippen molar-refractivity contribution in [3.05, 3.63) is 46.4 Å². The minimum atomic E-state index is -0.844. The van der Waals surface area contributed by atoms with E-state index in [2.05, 4.69) is 15.9 Å². The first kappa shape index (κ1) is 15.5. The van der Waals surface area contributed by atoms with Gasteiger partial charge in [0.1, 0.15) is 0 Å². The van der Waals surface area contributed by atoms with Gasteiger partial charge in [0.25, 0.3) is 5.91 Å². The molecule has 0 aliphatic heterocycles. The molecule has 2 rings (SSSR count). The lowest BCUT2D eigenvalue weighted by Gasteiger charge is -2.18. The van der Waals surface area contributed by atoms with E-state index in [0.717, 1.165) is 15.2 Å². The normalized spacial score (nSPS) is 10.6. The molecule has 1 amide bonds. The van der Waals surface area contributed by atoms with E-state index in [0.29, 0.717) is 18.5 Å². The van der Waals surface area contributed by atoms with Crippen LogP contribution >= 0.6 is 15.9 Å². The van der Waals surface area contributed by atoms with Gasteiger partial charge in [-0.05, 0) is 29.3 Å². The van der Waals surface area contributed by atoms with Crippen LogP contribution in [0, 0.1) is 0 Å². The molecule has 0 saturated heterocycles. The maximum absolute atomic E-state index is 12.5. The van der Waals surface area contributed by atoms with Gasteiger partial charge < -0.3 is 10.0 Å². The fourth-order valence-electron chi connectivity index (χ4n) is 2.23. The van der Waals surface area contributed by atoms with Crippen molar-refractivity contribution in [3.63, 3.8) is 0 Å². The second-order valence-corrected chi connectivity index (χ2v) is 5.81. The number of rotatable bonds is 5. The average Bonchev–Trinajstić information content (AvgIpc) is 2.45. The van der Waals surface area contributed by atoms with Gasteiger partial charge in [0, 0.05) is 30.0 Å². The fourth-order valence-corrected chi connectivity index (χ4v) is 2.70. The number of fused-ring (bicyclic) bond motifs is 1. The van der Waals surface area contributed by atoms with E-state index in [1.54, 1.807) is 18.0 Å². The smallest absolute Gasteiger partial charge is 0.303 e. The second kappa shape index (κ2) is 6.72. The number of nitrogens with zero attached hydrogens (tertiary/aromatic N) is 1. The SMILES string of the molecule is CN(CCCC(=O)O)C(=O)c1cc(Br)cc2ccccc12. The molecule has 0 spiro atoms. The highest BCUT2D eigenvalue weighted by atomic mass is 79.9. The number of carboxylic acid groups (broad SMARTS) is 1. The van der Waals surface area contributed by atoms with Crippen molar-refractivity contribution in [1.82, 2.24) is 4.90 Å². The summed E-state index contributed by atoms with van der Waals surface area (Å²) in [6.07, 6.45) is 0.514. The van der Waals surface area contributed by atoms with E-state index >= 15 is 0 Å². The van der Waals surface area contributed by atoms with Gasteiger partial charge in [-0.25, -0.2) is 0 Å². The molecule has 0 radical (unpaired) electrons. The molecule has 110 valence electrons. The number of hydrogen-bond acceptors (Lipinski definition) is 2. The Balaban J connectivity index is 2.24. The molecule has 2 aromatic rings. The molecule has 0 aliphatic rings. The van der Waals surface area contributed by atoms with E-state index in [4.69, 9.17) is 5.11 Å². The standard InChI is InChI=1S/C16H16BrNO3/c1-18(8-4-7-15(19)20)16(21)14-10-12(17)9-11-5-2-3-6-13(11)14/h2-3,5-6,9-10H,4,7-8H2,1H3,(H,19,20). The third-order valence-electron chi connectivity index (χ3n) is 3.29. The summed E-state index contributed by atoms with van der Waals surface area (Å²) in [4.78, 5) is 24.6. The Hall–Kier alpha value is -1.88. The zero-order valence-electron chi connectivity index (χ0n) is 11.7. The van der Waals surface area contributed by atoms with Gasteiger partial charge in [-0.3, -0.25) is 9.59 Å². The van der Waals surface area contributed by atoms with E-state index in [1.807, 2.05) is 30.3 Å². The molecular formula is C16H16BrNO3. The van der Waals surface area contributed by atoms with Gasteiger partial charge in [0.2, 0.25) is 0 Å². The summed E-state index contributed by atoms with van der Waals surface area (Å²) < 4.78 is 0.850. The van der Waals surface area contributed by atoms with E-state index < -0.39 is 5.97 Å². The summed E-state index contributed by atoms with van der Waals surface area (Å²) in [6, 6.07) is 11.5. The lowest BCUT2D eigenvalue weighted by atomic mass is 10.0.